The molecule has 420 valence electrons. The maximum atomic E-state index is 13.3. The number of anilines is 3. The van der Waals surface area contributed by atoms with Crippen LogP contribution in [0.3, 0.4) is 0 Å². The van der Waals surface area contributed by atoms with Crippen molar-refractivity contribution < 1.29 is 46.7 Å². The van der Waals surface area contributed by atoms with Gasteiger partial charge in [0.15, 0.2) is 5.82 Å². The molecule has 0 saturated carbocycles. The molecule has 6 aromatic carbocycles. The number of benzene rings is 6. The number of primary amides is 1. The van der Waals surface area contributed by atoms with Gasteiger partial charge in [-0.25, -0.2) is 32.5 Å². The number of piperazine rings is 3. The number of carbonyl (C=O) groups excluding carboxylic acids is 7. The van der Waals surface area contributed by atoms with Crippen molar-refractivity contribution >= 4 is 58.8 Å². The van der Waals surface area contributed by atoms with Crippen LogP contribution in [0.25, 0.3) is 11.4 Å². The zero-order valence-electron chi connectivity index (χ0n) is 44.0. The van der Waals surface area contributed by atoms with Crippen molar-refractivity contribution in [3.05, 3.63) is 197 Å². The molecule has 0 aliphatic carbocycles. The summed E-state index contributed by atoms with van der Waals surface area (Å²) >= 11 is 0. The average Bonchev–Trinajstić information content (AvgIpc) is 4.06. The Morgan fingerprint density at radius 3 is 1.18 bits per heavy atom. The van der Waals surface area contributed by atoms with Gasteiger partial charge in [0.25, 0.3) is 17.7 Å². The van der Waals surface area contributed by atoms with Crippen LogP contribution in [0.4, 0.5) is 44.6 Å². The van der Waals surface area contributed by atoms with Crippen molar-refractivity contribution in [2.45, 2.75) is 0 Å². The van der Waals surface area contributed by atoms with Gasteiger partial charge < -0.3 is 51.1 Å². The number of hydrogen-bond donors (Lipinski definition) is 5. The highest BCUT2D eigenvalue weighted by atomic mass is 19.1. The SMILES string of the molecule is N#Cc1cccc(NC(=O)N2CCN(C(=O)c3cccc(F)c3)CC2)c1.NC(=O)c1cccc(NC(=O)N2CCN(C(=O)c3cccc(F)c3)CC2)c1.O=C(Nc1cccc(-c2ncn[nH]2)c1)N1CCN(C(=O)c2cccc(F)c2)CC1. The Bertz CT molecular complexity index is 3480. The number of urea groups is 3. The first-order valence-electron chi connectivity index (χ1n) is 25.8. The topological polar surface area (TPSA) is 266 Å². The Morgan fingerprint density at radius 1 is 0.451 bits per heavy atom. The molecule has 6 N–H and O–H groups in total. The summed E-state index contributed by atoms with van der Waals surface area (Å²) in [5.41, 5.74) is 9.37. The van der Waals surface area contributed by atoms with Crippen molar-refractivity contribution in [2.24, 2.45) is 5.73 Å². The van der Waals surface area contributed by atoms with Gasteiger partial charge in [-0.3, -0.25) is 24.3 Å². The Morgan fingerprint density at radius 2 is 0.805 bits per heavy atom. The molecule has 0 spiro atoms. The maximum absolute atomic E-state index is 13.3. The number of nitrogens with zero attached hydrogens (tertiary/aromatic N) is 9. The molecule has 7 aromatic rings. The Balaban J connectivity index is 0.000000161. The maximum Gasteiger partial charge on any atom is 0.321 e. The van der Waals surface area contributed by atoms with E-state index >= 15 is 0 Å². The number of halogens is 3. The van der Waals surface area contributed by atoms with Crippen LogP contribution in [0.2, 0.25) is 0 Å². The zero-order valence-corrected chi connectivity index (χ0v) is 44.0. The van der Waals surface area contributed by atoms with Crippen LogP contribution in [0.5, 0.6) is 0 Å². The third-order valence-electron chi connectivity index (χ3n) is 13.2. The number of H-pyrrole nitrogens is 1. The van der Waals surface area contributed by atoms with Gasteiger partial charge in [0.1, 0.15) is 23.8 Å². The summed E-state index contributed by atoms with van der Waals surface area (Å²) in [5.74, 6) is -2.05. The second kappa shape index (κ2) is 27.3. The van der Waals surface area contributed by atoms with Gasteiger partial charge in [-0.2, -0.15) is 10.4 Å². The molecule has 10 rings (SSSR count). The highest BCUT2D eigenvalue weighted by Crippen LogP contribution is 2.21. The molecule has 3 saturated heterocycles. The van der Waals surface area contributed by atoms with E-state index in [0.29, 0.717) is 124 Å². The largest absolute Gasteiger partial charge is 0.366 e. The second-order valence-electron chi connectivity index (χ2n) is 18.7. The van der Waals surface area contributed by atoms with Gasteiger partial charge in [-0.1, -0.05) is 42.5 Å². The first-order chi connectivity index (χ1) is 39.6. The van der Waals surface area contributed by atoms with Gasteiger partial charge in [0.2, 0.25) is 5.91 Å². The summed E-state index contributed by atoms with van der Waals surface area (Å²) in [6.07, 6.45) is 1.42. The van der Waals surface area contributed by atoms with Crippen molar-refractivity contribution in [1.82, 2.24) is 44.6 Å². The molecule has 21 nitrogen and oxygen atoms in total. The van der Waals surface area contributed by atoms with Crippen LogP contribution in [-0.2, 0) is 0 Å². The van der Waals surface area contributed by atoms with Crippen LogP contribution in [0.15, 0.2) is 152 Å². The molecular weight excluding hydrogens is 1060 g/mol. The predicted octanol–water partition coefficient (Wildman–Crippen LogP) is 7.20. The van der Waals surface area contributed by atoms with E-state index < -0.39 is 23.4 Å². The molecule has 0 radical (unpaired) electrons. The highest BCUT2D eigenvalue weighted by molar-refractivity contribution is 5.98. The van der Waals surface area contributed by atoms with E-state index in [1.807, 2.05) is 24.3 Å². The van der Waals surface area contributed by atoms with E-state index in [4.69, 9.17) is 11.0 Å². The van der Waals surface area contributed by atoms with Crippen LogP contribution >= 0.6 is 0 Å². The number of nitrogens with one attached hydrogen (secondary N) is 4. The lowest BCUT2D eigenvalue weighted by atomic mass is 10.1. The molecule has 82 heavy (non-hydrogen) atoms. The van der Waals surface area contributed by atoms with E-state index in [1.165, 1.54) is 67.0 Å². The number of aromatic amines is 1. The minimum absolute atomic E-state index is 0.232. The Labute approximate surface area is 468 Å². The number of rotatable bonds is 8. The van der Waals surface area contributed by atoms with Crippen LogP contribution in [0, 0.1) is 28.8 Å². The van der Waals surface area contributed by atoms with Gasteiger partial charge in [-0.15, -0.1) is 0 Å². The summed E-state index contributed by atoms with van der Waals surface area (Å²) in [4.78, 5) is 99.6. The quantitative estimate of drug-likeness (QED) is 0.102. The van der Waals surface area contributed by atoms with E-state index in [-0.39, 0.29) is 41.4 Å². The normalized spacial score (nSPS) is 13.9. The summed E-state index contributed by atoms with van der Waals surface area (Å²) in [5, 5.41) is 23.9. The van der Waals surface area contributed by atoms with E-state index in [9.17, 15) is 46.7 Å². The van der Waals surface area contributed by atoms with E-state index in [2.05, 4.69) is 31.1 Å². The molecule has 0 bridgehead atoms. The first kappa shape index (κ1) is 57.6. The number of aromatic nitrogens is 3. The lowest BCUT2D eigenvalue weighted by Gasteiger charge is -2.34. The average molecular weight is 1120 g/mol. The number of carbonyl (C=O) groups is 7. The molecule has 4 heterocycles. The summed E-state index contributed by atoms with van der Waals surface area (Å²) < 4.78 is 39.9. The molecule has 24 heteroatoms. The van der Waals surface area contributed by atoms with Gasteiger partial charge >= 0.3 is 18.1 Å². The van der Waals surface area contributed by atoms with Gasteiger partial charge in [0, 0.05) is 123 Å². The summed E-state index contributed by atoms with van der Waals surface area (Å²) in [6, 6.07) is 38.3. The minimum atomic E-state index is -0.574. The smallest absolute Gasteiger partial charge is 0.321 e. The van der Waals surface area contributed by atoms with E-state index in [0.717, 1.165) is 5.56 Å². The Kier molecular flexibility index (Phi) is 19.2. The number of amides is 10. The highest BCUT2D eigenvalue weighted by Gasteiger charge is 2.28. The minimum Gasteiger partial charge on any atom is -0.366 e. The predicted molar refractivity (Wildman–Crippen MR) is 297 cm³/mol. The fourth-order valence-corrected chi connectivity index (χ4v) is 8.86. The van der Waals surface area contributed by atoms with Crippen LogP contribution < -0.4 is 21.7 Å². The summed E-state index contributed by atoms with van der Waals surface area (Å²) in [7, 11) is 0. The van der Waals surface area contributed by atoms with Gasteiger partial charge in [-0.05, 0) is 103 Å². The van der Waals surface area contributed by atoms with Crippen LogP contribution in [0.1, 0.15) is 47.0 Å². The van der Waals surface area contributed by atoms with Crippen molar-refractivity contribution in [2.75, 3.05) is 94.5 Å². The first-order valence-corrected chi connectivity index (χ1v) is 25.8. The molecular formula is C58H55F3N14O7. The van der Waals surface area contributed by atoms with Crippen LogP contribution in [-0.4, -0.2) is 165 Å². The molecule has 0 unspecified atom stereocenters. The fraction of sp³-hybridized carbons (Fsp3) is 0.207. The third-order valence-corrected chi connectivity index (χ3v) is 13.2. The monoisotopic (exact) mass is 1120 g/mol. The number of hydrogen-bond acceptors (Lipinski definition) is 10. The lowest BCUT2D eigenvalue weighted by Crippen LogP contribution is -2.51. The van der Waals surface area contributed by atoms with Gasteiger partial charge in [0.05, 0.1) is 11.6 Å². The van der Waals surface area contributed by atoms with Crippen molar-refractivity contribution in [1.29, 1.82) is 5.26 Å². The summed E-state index contributed by atoms with van der Waals surface area (Å²) in [6.45, 7) is 4.49. The second-order valence-corrected chi connectivity index (χ2v) is 18.7. The molecule has 0 atom stereocenters. The number of nitriles is 1. The molecule has 1 aromatic heterocycles. The molecule has 10 amide bonds. The third kappa shape index (κ3) is 15.6. The molecule has 3 aliphatic heterocycles. The van der Waals surface area contributed by atoms with Crippen molar-refractivity contribution in [3.8, 4) is 17.5 Å². The fourth-order valence-electron chi connectivity index (χ4n) is 8.86. The van der Waals surface area contributed by atoms with Crippen molar-refractivity contribution in [3.63, 3.8) is 0 Å². The number of nitrogens with two attached hydrogens (primary N) is 1. The molecule has 3 fully saturated rings. The standard InChI is InChI=1S/C20H19FN6O2.C19H19FN4O3.C19H17FN4O2/c21-16-5-1-4-15(11-16)19(28)26-7-9-27(10-8-26)20(29)24-17-6-2-3-14(12-17)18-22-13-23-25-18;20-15-5-1-4-14(11-15)18(26)23-7-9-24(10-8-23)19(27)22-16-6-2-3-13(12-16)17(21)25;20-16-5-2-4-15(12-16)18(25)23-7-9-24(10-8-23)19(26)22-17-6-1-3-14(11-17)13-21/h1-6,11-13H,7-10H2,(H,24,29)(H,22,23,25);1-6,11-12H,7-10H2,(H2,21,25)(H,22,27);1-6,11-12H,7-10H2,(H,22,26). The Hall–Kier alpha value is -10.6. The molecule has 3 aliphatic rings. The zero-order chi connectivity index (χ0) is 58.1. The van der Waals surface area contributed by atoms with E-state index in [1.54, 1.807) is 96.1 Å². The lowest BCUT2D eigenvalue weighted by molar-refractivity contribution is 0.0666.